The van der Waals surface area contributed by atoms with Gasteiger partial charge in [-0.05, 0) is 35.7 Å². The van der Waals surface area contributed by atoms with Gasteiger partial charge in [-0.25, -0.2) is 9.37 Å². The number of carbonyl (C=O) groups excluding carboxylic acids is 1. The van der Waals surface area contributed by atoms with Gasteiger partial charge in [0.15, 0.2) is 4.96 Å². The van der Waals surface area contributed by atoms with Crippen LogP contribution in [0.4, 0.5) is 10.2 Å². The second-order valence-corrected chi connectivity index (χ2v) is 8.09. The minimum atomic E-state index is -0.327. The van der Waals surface area contributed by atoms with Gasteiger partial charge in [0, 0.05) is 40.9 Å². The standard InChI is InChI=1S/C20H14FN5O2S2/c21-14-3-1-12(2-4-14)17-18(26-8-10-30-20(26)23-17)22-15(27)5-6-16-24-25-19(28-16)13-7-9-29-11-13/h1-4,7-11H,5-6H2,(H,22,27). The number of nitrogens with zero attached hydrogens (tertiary/aromatic N) is 4. The minimum Gasteiger partial charge on any atom is -0.421 e. The van der Waals surface area contributed by atoms with E-state index in [2.05, 4.69) is 20.5 Å². The molecule has 0 atom stereocenters. The second-order valence-electron chi connectivity index (χ2n) is 6.43. The minimum absolute atomic E-state index is 0.172. The summed E-state index contributed by atoms with van der Waals surface area (Å²) in [6, 6.07) is 7.92. The van der Waals surface area contributed by atoms with Crippen molar-refractivity contribution in [1.29, 1.82) is 0 Å². The van der Waals surface area contributed by atoms with Gasteiger partial charge in [0.05, 0.1) is 0 Å². The first-order valence-corrected chi connectivity index (χ1v) is 10.9. The number of hydrogen-bond acceptors (Lipinski definition) is 7. The number of amides is 1. The molecule has 0 radical (unpaired) electrons. The van der Waals surface area contributed by atoms with Gasteiger partial charge in [0.2, 0.25) is 17.7 Å². The Bertz CT molecular complexity index is 1300. The largest absolute Gasteiger partial charge is 0.421 e. The first kappa shape index (κ1) is 18.6. The monoisotopic (exact) mass is 439 g/mol. The SMILES string of the molecule is O=C(CCc1nnc(-c2ccsc2)o1)Nc1c(-c2ccc(F)cc2)nc2sccn12. The van der Waals surface area contributed by atoms with Crippen LogP contribution in [0.25, 0.3) is 27.7 Å². The molecule has 1 aromatic carbocycles. The van der Waals surface area contributed by atoms with Crippen molar-refractivity contribution in [2.45, 2.75) is 12.8 Å². The molecule has 7 nitrogen and oxygen atoms in total. The Morgan fingerprint density at radius 3 is 2.80 bits per heavy atom. The molecule has 150 valence electrons. The highest BCUT2D eigenvalue weighted by Crippen LogP contribution is 2.31. The number of halogens is 1. The number of benzene rings is 1. The Hall–Kier alpha value is -3.37. The van der Waals surface area contributed by atoms with E-state index in [0.29, 0.717) is 29.7 Å². The number of fused-ring (bicyclic) bond motifs is 1. The molecule has 0 bridgehead atoms. The van der Waals surface area contributed by atoms with Crippen molar-refractivity contribution < 1.29 is 13.6 Å². The lowest BCUT2D eigenvalue weighted by Crippen LogP contribution is -2.14. The van der Waals surface area contributed by atoms with E-state index in [-0.39, 0.29) is 18.1 Å². The average Bonchev–Trinajstić information content (AvgIpc) is 3.52. The van der Waals surface area contributed by atoms with E-state index < -0.39 is 0 Å². The summed E-state index contributed by atoms with van der Waals surface area (Å²) in [6.45, 7) is 0. The van der Waals surface area contributed by atoms with Crippen LogP contribution < -0.4 is 5.32 Å². The molecular formula is C20H14FN5O2S2. The first-order chi connectivity index (χ1) is 14.7. The van der Waals surface area contributed by atoms with Gasteiger partial charge in [-0.1, -0.05) is 0 Å². The van der Waals surface area contributed by atoms with Gasteiger partial charge < -0.3 is 9.73 Å². The molecule has 0 fully saturated rings. The quantitative estimate of drug-likeness (QED) is 0.407. The molecule has 0 aliphatic rings. The Morgan fingerprint density at radius 2 is 2.00 bits per heavy atom. The summed E-state index contributed by atoms with van der Waals surface area (Å²) in [7, 11) is 0. The van der Waals surface area contributed by atoms with E-state index in [0.717, 1.165) is 16.1 Å². The number of aromatic nitrogens is 4. The summed E-state index contributed by atoms with van der Waals surface area (Å²) in [4.78, 5) is 17.9. The molecule has 4 aromatic heterocycles. The number of thiazole rings is 1. The predicted molar refractivity (Wildman–Crippen MR) is 113 cm³/mol. The van der Waals surface area contributed by atoms with Crippen molar-refractivity contribution in [3.8, 4) is 22.7 Å². The third kappa shape index (κ3) is 3.62. The van der Waals surface area contributed by atoms with Gasteiger partial charge in [-0.15, -0.1) is 21.5 Å². The number of thiophene rings is 1. The zero-order chi connectivity index (χ0) is 20.5. The molecule has 0 spiro atoms. The Morgan fingerprint density at radius 1 is 1.13 bits per heavy atom. The molecule has 0 saturated heterocycles. The maximum atomic E-state index is 13.3. The number of hydrogen-bond donors (Lipinski definition) is 1. The topological polar surface area (TPSA) is 85.3 Å². The zero-order valence-corrected chi connectivity index (χ0v) is 17.0. The normalized spacial score (nSPS) is 11.2. The number of aryl methyl sites for hydroxylation is 1. The first-order valence-electron chi connectivity index (χ1n) is 9.03. The number of nitrogens with one attached hydrogen (secondary N) is 1. The van der Waals surface area contributed by atoms with E-state index in [1.807, 2.05) is 32.8 Å². The van der Waals surface area contributed by atoms with Crippen molar-refractivity contribution in [1.82, 2.24) is 19.6 Å². The number of anilines is 1. The Balaban J connectivity index is 1.33. The molecule has 0 aliphatic heterocycles. The summed E-state index contributed by atoms with van der Waals surface area (Å²) >= 11 is 3.00. The summed E-state index contributed by atoms with van der Waals surface area (Å²) in [5.41, 5.74) is 2.18. The van der Waals surface area contributed by atoms with Gasteiger partial charge in [-0.3, -0.25) is 9.20 Å². The summed E-state index contributed by atoms with van der Waals surface area (Å²) in [5, 5.41) is 16.7. The highest BCUT2D eigenvalue weighted by Gasteiger charge is 2.18. The average molecular weight is 439 g/mol. The van der Waals surface area contributed by atoms with Gasteiger partial charge >= 0.3 is 0 Å². The van der Waals surface area contributed by atoms with Crippen LogP contribution in [0.15, 0.2) is 57.1 Å². The van der Waals surface area contributed by atoms with Crippen molar-refractivity contribution in [2.24, 2.45) is 0 Å². The maximum Gasteiger partial charge on any atom is 0.248 e. The van der Waals surface area contributed by atoms with Gasteiger partial charge in [0.25, 0.3) is 0 Å². The summed E-state index contributed by atoms with van der Waals surface area (Å²) in [6.07, 6.45) is 2.33. The molecule has 0 unspecified atom stereocenters. The van der Waals surface area contributed by atoms with Crippen molar-refractivity contribution >= 4 is 39.4 Å². The zero-order valence-electron chi connectivity index (χ0n) is 15.4. The number of imidazole rings is 1. The highest BCUT2D eigenvalue weighted by molar-refractivity contribution is 7.15. The predicted octanol–water partition coefficient (Wildman–Crippen LogP) is 4.88. The van der Waals surface area contributed by atoms with E-state index in [4.69, 9.17) is 4.42 Å². The van der Waals surface area contributed by atoms with Crippen LogP contribution in [0, 0.1) is 5.82 Å². The summed E-state index contributed by atoms with van der Waals surface area (Å²) in [5.74, 6) is 0.862. The van der Waals surface area contributed by atoms with E-state index in [1.54, 1.807) is 23.5 Å². The van der Waals surface area contributed by atoms with Gasteiger partial charge in [0.1, 0.15) is 17.3 Å². The van der Waals surface area contributed by atoms with E-state index >= 15 is 0 Å². The van der Waals surface area contributed by atoms with Crippen LogP contribution in [-0.4, -0.2) is 25.5 Å². The molecule has 1 amide bonds. The Kier molecular flexibility index (Phi) is 4.85. The molecule has 1 N–H and O–H groups in total. The molecule has 4 heterocycles. The third-order valence-corrected chi connectivity index (χ3v) is 5.88. The van der Waals surface area contributed by atoms with E-state index in [9.17, 15) is 9.18 Å². The molecule has 0 saturated carbocycles. The highest BCUT2D eigenvalue weighted by atomic mass is 32.1. The lowest BCUT2D eigenvalue weighted by molar-refractivity contribution is -0.116. The van der Waals surface area contributed by atoms with Crippen LogP contribution in [0.5, 0.6) is 0 Å². The maximum absolute atomic E-state index is 13.3. The molecule has 0 aliphatic carbocycles. The van der Waals surface area contributed by atoms with Crippen molar-refractivity contribution in [3.63, 3.8) is 0 Å². The van der Waals surface area contributed by atoms with Gasteiger partial charge in [-0.2, -0.15) is 11.3 Å². The fourth-order valence-electron chi connectivity index (χ4n) is 2.99. The second kappa shape index (κ2) is 7.81. The van der Waals surface area contributed by atoms with Crippen molar-refractivity contribution in [3.05, 3.63) is 64.4 Å². The van der Waals surface area contributed by atoms with Crippen LogP contribution >= 0.6 is 22.7 Å². The molecule has 5 aromatic rings. The lowest BCUT2D eigenvalue weighted by atomic mass is 10.1. The molecule has 5 rings (SSSR count). The summed E-state index contributed by atoms with van der Waals surface area (Å²) < 4.78 is 20.7. The van der Waals surface area contributed by atoms with Crippen LogP contribution in [-0.2, 0) is 11.2 Å². The third-order valence-electron chi connectivity index (χ3n) is 4.44. The van der Waals surface area contributed by atoms with Crippen molar-refractivity contribution in [2.75, 3.05) is 5.32 Å². The van der Waals surface area contributed by atoms with Crippen LogP contribution in [0.3, 0.4) is 0 Å². The lowest BCUT2D eigenvalue weighted by Gasteiger charge is -2.06. The molecular weight excluding hydrogens is 425 g/mol. The van der Waals surface area contributed by atoms with Crippen LogP contribution in [0.2, 0.25) is 0 Å². The smallest absolute Gasteiger partial charge is 0.248 e. The fourth-order valence-corrected chi connectivity index (χ4v) is 4.33. The Labute approximate surface area is 177 Å². The van der Waals surface area contributed by atoms with Crippen LogP contribution in [0.1, 0.15) is 12.3 Å². The fraction of sp³-hybridized carbons (Fsp3) is 0.100. The number of rotatable bonds is 6. The molecule has 10 heteroatoms. The number of carbonyl (C=O) groups is 1. The van der Waals surface area contributed by atoms with E-state index in [1.165, 1.54) is 23.5 Å². The molecule has 30 heavy (non-hydrogen) atoms.